The number of hydrogen-bond donors (Lipinski definition) is 0. The Balaban J connectivity index is 1.71. The van der Waals surface area contributed by atoms with Gasteiger partial charge in [-0.1, -0.05) is 38.1 Å². The van der Waals surface area contributed by atoms with Crippen LogP contribution in [0.4, 0.5) is 10.1 Å². The molecule has 2 heterocycles. The van der Waals surface area contributed by atoms with Crippen LogP contribution in [0.1, 0.15) is 63.1 Å². The van der Waals surface area contributed by atoms with E-state index in [4.69, 9.17) is 19.2 Å². The third-order valence-corrected chi connectivity index (χ3v) is 7.70. The van der Waals surface area contributed by atoms with E-state index >= 15 is 0 Å². The molecule has 4 rings (SSSR count). The van der Waals surface area contributed by atoms with Crippen LogP contribution in [0.25, 0.3) is 17.2 Å². The molecule has 0 spiro atoms. The van der Waals surface area contributed by atoms with Crippen LogP contribution < -0.4 is 9.64 Å². The molecule has 1 fully saturated rings. The number of carbonyl (C=O) groups is 1. The zero-order valence-electron chi connectivity index (χ0n) is 25.7. The fourth-order valence-corrected chi connectivity index (χ4v) is 5.29. The van der Waals surface area contributed by atoms with Gasteiger partial charge in [-0.2, -0.15) is 0 Å². The molecule has 1 aromatic heterocycles. The van der Waals surface area contributed by atoms with Crippen molar-refractivity contribution in [1.29, 1.82) is 0 Å². The highest BCUT2D eigenvalue weighted by Gasteiger charge is 2.31. The molecule has 0 atom stereocenters. The van der Waals surface area contributed by atoms with Gasteiger partial charge in [0.2, 0.25) is 0 Å². The maximum atomic E-state index is 13.2. The van der Waals surface area contributed by atoms with E-state index in [1.807, 2.05) is 51.1 Å². The normalized spacial score (nSPS) is 14.8. The molecule has 42 heavy (non-hydrogen) atoms. The van der Waals surface area contributed by atoms with Crippen molar-refractivity contribution >= 4 is 17.7 Å². The van der Waals surface area contributed by atoms with Crippen molar-refractivity contribution in [1.82, 2.24) is 4.98 Å². The van der Waals surface area contributed by atoms with E-state index in [9.17, 15) is 9.18 Å². The predicted octanol–water partition coefficient (Wildman–Crippen LogP) is 7.56. The maximum absolute atomic E-state index is 13.2. The first-order valence-corrected chi connectivity index (χ1v) is 14.7. The van der Waals surface area contributed by atoms with Crippen molar-refractivity contribution in [2.24, 2.45) is 5.41 Å². The van der Waals surface area contributed by atoms with Crippen molar-refractivity contribution in [2.75, 3.05) is 31.7 Å². The fraction of sp³-hybridized carbons (Fsp3) is 0.429. The highest BCUT2D eigenvalue weighted by molar-refractivity contribution is 5.90. The van der Waals surface area contributed by atoms with Gasteiger partial charge in [-0.15, -0.1) is 0 Å². The summed E-state index contributed by atoms with van der Waals surface area (Å²) in [6, 6.07) is 14.5. The van der Waals surface area contributed by atoms with Crippen LogP contribution in [0.3, 0.4) is 0 Å². The average Bonchev–Trinajstić information content (AvgIpc) is 2.94. The smallest absolute Gasteiger partial charge is 0.310 e. The molecule has 6 nitrogen and oxygen atoms in total. The molecule has 0 N–H and O–H groups in total. The van der Waals surface area contributed by atoms with Gasteiger partial charge in [0.05, 0.1) is 43.9 Å². The molecule has 2 aromatic carbocycles. The Hall–Kier alpha value is -3.87. The second-order valence-electron chi connectivity index (χ2n) is 11.9. The molecule has 7 heteroatoms. The Morgan fingerprint density at radius 2 is 1.74 bits per heavy atom. The van der Waals surface area contributed by atoms with E-state index < -0.39 is 0 Å². The number of halogens is 1. The summed E-state index contributed by atoms with van der Waals surface area (Å²) in [4.78, 5) is 20.3. The number of hydrogen-bond acceptors (Lipinski definition) is 6. The monoisotopic (exact) mass is 574 g/mol. The van der Waals surface area contributed by atoms with Gasteiger partial charge in [-0.3, -0.25) is 9.78 Å². The molecule has 0 amide bonds. The zero-order valence-corrected chi connectivity index (χ0v) is 25.7. The predicted molar refractivity (Wildman–Crippen MR) is 166 cm³/mol. The molecular formula is C35H43FN2O4. The van der Waals surface area contributed by atoms with E-state index in [0.29, 0.717) is 13.0 Å². The van der Waals surface area contributed by atoms with E-state index in [1.165, 1.54) is 12.1 Å². The lowest BCUT2D eigenvalue weighted by atomic mass is 9.82. The van der Waals surface area contributed by atoms with Crippen molar-refractivity contribution < 1.29 is 23.4 Å². The minimum atomic E-state index is -0.260. The van der Waals surface area contributed by atoms with Crippen molar-refractivity contribution in [3.05, 3.63) is 83.1 Å². The minimum Gasteiger partial charge on any atom is -0.504 e. The van der Waals surface area contributed by atoms with Gasteiger partial charge in [0.25, 0.3) is 0 Å². The van der Waals surface area contributed by atoms with Gasteiger partial charge in [-0.25, -0.2) is 4.39 Å². The topological polar surface area (TPSA) is 60.9 Å². The van der Waals surface area contributed by atoms with Gasteiger partial charge >= 0.3 is 5.97 Å². The second-order valence-corrected chi connectivity index (χ2v) is 11.9. The van der Waals surface area contributed by atoms with Crippen LogP contribution in [0.15, 0.2) is 54.8 Å². The number of carbonyl (C=O) groups excluding carboxylic acids is 1. The minimum absolute atomic E-state index is 0.151. The van der Waals surface area contributed by atoms with E-state index in [0.717, 1.165) is 71.0 Å². The van der Waals surface area contributed by atoms with Crippen LogP contribution in [-0.4, -0.2) is 43.9 Å². The van der Waals surface area contributed by atoms with Crippen LogP contribution in [0.2, 0.25) is 0 Å². The van der Waals surface area contributed by atoms with Gasteiger partial charge in [0.1, 0.15) is 11.6 Å². The molecule has 0 bridgehead atoms. The average molecular weight is 575 g/mol. The molecule has 3 aromatic rings. The summed E-state index contributed by atoms with van der Waals surface area (Å²) in [5, 5.41) is 0. The third kappa shape index (κ3) is 8.11. The third-order valence-electron chi connectivity index (χ3n) is 7.70. The highest BCUT2D eigenvalue weighted by Crippen LogP contribution is 2.42. The van der Waals surface area contributed by atoms with Gasteiger partial charge in [0, 0.05) is 36.3 Å². The molecule has 0 saturated carbocycles. The summed E-state index contributed by atoms with van der Waals surface area (Å²) in [6.07, 6.45) is 6.25. The number of nitrogens with zero attached hydrogens (tertiary/aromatic N) is 2. The largest absolute Gasteiger partial charge is 0.504 e. The van der Waals surface area contributed by atoms with Gasteiger partial charge < -0.3 is 19.1 Å². The molecule has 224 valence electrons. The number of methoxy groups -OCH3 is 1. The lowest BCUT2D eigenvalue weighted by molar-refractivity contribution is -0.146. The molecule has 1 aliphatic rings. The molecular weight excluding hydrogens is 531 g/mol. The maximum Gasteiger partial charge on any atom is 0.310 e. The van der Waals surface area contributed by atoms with Gasteiger partial charge in [0.15, 0.2) is 0 Å². The number of esters is 1. The standard InChI is InChI=1S/C35H43FN2O4/c1-24(2)42-32(39)23-30-25(3)37-31(16-21-40-6)33(34(30)38-19-17-35(4,5)18-20-38)27-9-13-29(14-10-27)41-22-15-26-7-11-28(36)12-8-26/h7-14,16,21,24H,15,17-20,22-23H2,1-6H3/b21-16+. The van der Waals surface area contributed by atoms with E-state index in [2.05, 4.69) is 18.7 Å². The number of ether oxygens (including phenoxy) is 3. The first kappa shape index (κ1) is 31.1. The first-order chi connectivity index (χ1) is 20.1. The first-order valence-electron chi connectivity index (χ1n) is 14.7. The van der Waals surface area contributed by atoms with Crippen molar-refractivity contribution in [3.8, 4) is 16.9 Å². The lowest BCUT2D eigenvalue weighted by Crippen LogP contribution is -2.38. The number of aryl methyl sites for hydroxylation is 1. The Kier molecular flexibility index (Phi) is 10.3. The van der Waals surface area contributed by atoms with Crippen LogP contribution in [0.5, 0.6) is 5.75 Å². The summed E-state index contributed by atoms with van der Waals surface area (Å²) in [6.45, 7) is 12.6. The number of anilines is 1. The Bertz CT molecular complexity index is 1370. The highest BCUT2D eigenvalue weighted by atomic mass is 19.1. The summed E-state index contributed by atoms with van der Waals surface area (Å²) in [5.74, 6) is 0.245. The Labute approximate surface area is 249 Å². The lowest BCUT2D eigenvalue weighted by Gasteiger charge is -2.40. The molecule has 0 unspecified atom stereocenters. The van der Waals surface area contributed by atoms with Gasteiger partial charge in [-0.05, 0) is 80.5 Å². The fourth-order valence-electron chi connectivity index (χ4n) is 5.29. The van der Waals surface area contributed by atoms with Crippen LogP contribution in [-0.2, 0) is 27.1 Å². The second kappa shape index (κ2) is 13.9. The summed E-state index contributed by atoms with van der Waals surface area (Å²) < 4.78 is 30.1. The number of rotatable bonds is 11. The van der Waals surface area contributed by atoms with Crippen LogP contribution in [0, 0.1) is 18.2 Å². The van der Waals surface area contributed by atoms with E-state index in [1.54, 1.807) is 25.5 Å². The Morgan fingerprint density at radius 1 is 1.07 bits per heavy atom. The molecule has 1 aliphatic heterocycles. The summed E-state index contributed by atoms with van der Waals surface area (Å²) >= 11 is 0. The number of benzene rings is 2. The zero-order chi connectivity index (χ0) is 30.3. The number of pyridine rings is 1. The quantitative estimate of drug-likeness (QED) is 0.174. The molecule has 1 saturated heterocycles. The van der Waals surface area contributed by atoms with Crippen LogP contribution >= 0.6 is 0 Å². The van der Waals surface area contributed by atoms with Crippen molar-refractivity contribution in [2.45, 2.75) is 66.4 Å². The van der Waals surface area contributed by atoms with Crippen molar-refractivity contribution in [3.63, 3.8) is 0 Å². The number of piperidine rings is 1. The summed E-state index contributed by atoms with van der Waals surface area (Å²) in [7, 11) is 1.62. The molecule has 0 aliphatic carbocycles. The van der Waals surface area contributed by atoms with E-state index in [-0.39, 0.29) is 29.7 Å². The SMILES string of the molecule is CO/C=C/c1nc(C)c(CC(=O)OC(C)C)c(N2CCC(C)(C)CC2)c1-c1ccc(OCCc2ccc(F)cc2)cc1. The number of aromatic nitrogens is 1. The molecule has 0 radical (unpaired) electrons. The summed E-state index contributed by atoms with van der Waals surface area (Å²) in [5.41, 5.74) is 6.72. The Morgan fingerprint density at radius 3 is 2.36 bits per heavy atom.